The standard InChI is InChI=1S/C16H20N2O3S2/c1-4-12-8-9-22-15(12)16(19)17-11(2)13-6-5-7-14(10-13)18-23(3,20)21/h5-11,18H,4H2,1-3H3,(H,17,19)/t11-/m1/s1. The molecule has 2 rings (SSSR count). The lowest BCUT2D eigenvalue weighted by Gasteiger charge is -2.15. The molecule has 0 unspecified atom stereocenters. The Morgan fingerprint density at radius 1 is 1.30 bits per heavy atom. The minimum Gasteiger partial charge on any atom is -0.345 e. The van der Waals surface area contributed by atoms with Gasteiger partial charge in [-0.25, -0.2) is 8.42 Å². The van der Waals surface area contributed by atoms with E-state index in [9.17, 15) is 13.2 Å². The van der Waals surface area contributed by atoms with E-state index in [4.69, 9.17) is 0 Å². The third-order valence-corrected chi connectivity index (χ3v) is 4.93. The molecular formula is C16H20N2O3S2. The number of benzene rings is 1. The van der Waals surface area contributed by atoms with E-state index in [1.807, 2.05) is 31.4 Å². The van der Waals surface area contributed by atoms with E-state index in [0.29, 0.717) is 5.69 Å². The lowest BCUT2D eigenvalue weighted by atomic mass is 10.1. The van der Waals surface area contributed by atoms with Gasteiger partial charge in [0.25, 0.3) is 5.91 Å². The van der Waals surface area contributed by atoms with Crippen LogP contribution in [0.3, 0.4) is 0 Å². The van der Waals surface area contributed by atoms with Gasteiger partial charge in [0, 0.05) is 5.69 Å². The van der Waals surface area contributed by atoms with Crippen LogP contribution in [0.4, 0.5) is 5.69 Å². The summed E-state index contributed by atoms with van der Waals surface area (Å²) >= 11 is 1.43. The number of aryl methyl sites for hydroxylation is 1. The zero-order valence-corrected chi connectivity index (χ0v) is 14.9. The van der Waals surface area contributed by atoms with E-state index in [1.54, 1.807) is 18.2 Å². The number of hydrogen-bond donors (Lipinski definition) is 2. The van der Waals surface area contributed by atoms with Crippen molar-refractivity contribution in [3.63, 3.8) is 0 Å². The van der Waals surface area contributed by atoms with E-state index in [-0.39, 0.29) is 11.9 Å². The van der Waals surface area contributed by atoms with Crippen LogP contribution in [0.1, 0.15) is 40.7 Å². The van der Waals surface area contributed by atoms with Crippen LogP contribution in [0, 0.1) is 0 Å². The Bertz CT molecular complexity index is 797. The SMILES string of the molecule is CCc1ccsc1C(=O)N[C@H](C)c1cccc(NS(C)(=O)=O)c1. The topological polar surface area (TPSA) is 75.3 Å². The third-order valence-electron chi connectivity index (χ3n) is 3.37. The monoisotopic (exact) mass is 352 g/mol. The zero-order valence-electron chi connectivity index (χ0n) is 13.3. The molecule has 0 radical (unpaired) electrons. The van der Waals surface area contributed by atoms with E-state index >= 15 is 0 Å². The van der Waals surface area contributed by atoms with Gasteiger partial charge in [-0.2, -0.15) is 0 Å². The highest BCUT2D eigenvalue weighted by Gasteiger charge is 2.16. The van der Waals surface area contributed by atoms with Crippen LogP contribution in [0.2, 0.25) is 0 Å². The molecule has 7 heteroatoms. The summed E-state index contributed by atoms with van der Waals surface area (Å²) in [5.41, 5.74) is 2.35. The van der Waals surface area contributed by atoms with E-state index in [0.717, 1.165) is 28.7 Å². The highest BCUT2D eigenvalue weighted by Crippen LogP contribution is 2.21. The van der Waals surface area contributed by atoms with Gasteiger partial charge in [-0.05, 0) is 48.1 Å². The minimum absolute atomic E-state index is 0.106. The second kappa shape index (κ2) is 7.14. The fourth-order valence-electron chi connectivity index (χ4n) is 2.24. The molecule has 23 heavy (non-hydrogen) atoms. The molecular weight excluding hydrogens is 332 g/mol. The van der Waals surface area contributed by atoms with Gasteiger partial charge in [-0.1, -0.05) is 19.1 Å². The molecule has 0 aliphatic carbocycles. The van der Waals surface area contributed by atoms with Crippen molar-refractivity contribution in [2.24, 2.45) is 0 Å². The summed E-state index contributed by atoms with van der Waals surface area (Å²) in [6, 6.07) is 8.74. The highest BCUT2D eigenvalue weighted by atomic mass is 32.2. The second-order valence-electron chi connectivity index (χ2n) is 5.32. The Morgan fingerprint density at radius 2 is 2.04 bits per heavy atom. The van der Waals surface area contributed by atoms with Crippen molar-refractivity contribution in [1.29, 1.82) is 0 Å². The summed E-state index contributed by atoms with van der Waals surface area (Å²) in [5.74, 6) is -0.106. The van der Waals surface area contributed by atoms with Crippen molar-refractivity contribution >= 4 is 33.0 Å². The third kappa shape index (κ3) is 4.80. The minimum atomic E-state index is -3.32. The lowest BCUT2D eigenvalue weighted by Crippen LogP contribution is -2.26. The summed E-state index contributed by atoms with van der Waals surface area (Å²) in [6.45, 7) is 3.89. The van der Waals surface area contributed by atoms with E-state index < -0.39 is 10.0 Å². The lowest BCUT2D eigenvalue weighted by molar-refractivity contribution is 0.0943. The van der Waals surface area contributed by atoms with Crippen molar-refractivity contribution in [1.82, 2.24) is 5.32 Å². The first-order chi connectivity index (χ1) is 10.8. The quantitative estimate of drug-likeness (QED) is 0.838. The number of sulfonamides is 1. The first-order valence-corrected chi connectivity index (χ1v) is 10.0. The van der Waals surface area contributed by atoms with Gasteiger partial charge >= 0.3 is 0 Å². The summed E-state index contributed by atoms with van der Waals surface area (Å²) in [4.78, 5) is 13.1. The van der Waals surface area contributed by atoms with Crippen molar-refractivity contribution in [3.05, 3.63) is 51.7 Å². The van der Waals surface area contributed by atoms with Crippen molar-refractivity contribution in [3.8, 4) is 0 Å². The maximum Gasteiger partial charge on any atom is 0.262 e. The number of anilines is 1. The van der Waals surface area contributed by atoms with Crippen molar-refractivity contribution < 1.29 is 13.2 Å². The molecule has 2 aromatic rings. The zero-order chi connectivity index (χ0) is 17.0. The molecule has 2 N–H and O–H groups in total. The van der Waals surface area contributed by atoms with Crippen LogP contribution in [-0.4, -0.2) is 20.6 Å². The summed E-state index contributed by atoms with van der Waals surface area (Å²) in [7, 11) is -3.32. The molecule has 5 nitrogen and oxygen atoms in total. The molecule has 0 saturated heterocycles. The molecule has 0 saturated carbocycles. The van der Waals surface area contributed by atoms with Gasteiger partial charge in [0.2, 0.25) is 10.0 Å². The molecule has 1 amide bonds. The first kappa shape index (κ1) is 17.5. The fraction of sp³-hybridized carbons (Fsp3) is 0.312. The smallest absolute Gasteiger partial charge is 0.262 e. The van der Waals surface area contributed by atoms with Crippen molar-refractivity contribution in [2.45, 2.75) is 26.3 Å². The number of hydrogen-bond acceptors (Lipinski definition) is 4. The second-order valence-corrected chi connectivity index (χ2v) is 7.99. The summed E-state index contributed by atoms with van der Waals surface area (Å²) < 4.78 is 25.0. The molecule has 0 spiro atoms. The Morgan fingerprint density at radius 3 is 2.70 bits per heavy atom. The number of rotatable bonds is 6. The molecule has 0 aliphatic rings. The fourth-order valence-corrected chi connectivity index (χ4v) is 3.70. The Labute approximate surface area is 140 Å². The molecule has 1 aromatic carbocycles. The molecule has 1 atom stereocenters. The van der Waals surface area contributed by atoms with Gasteiger partial charge in [-0.15, -0.1) is 11.3 Å². The average molecular weight is 352 g/mol. The summed E-state index contributed by atoms with van der Waals surface area (Å²) in [6.07, 6.45) is 1.92. The van der Waals surface area contributed by atoms with Crippen LogP contribution in [0.25, 0.3) is 0 Å². The predicted molar refractivity (Wildman–Crippen MR) is 94.5 cm³/mol. The molecule has 1 heterocycles. The number of carbonyl (C=O) groups is 1. The number of nitrogens with one attached hydrogen (secondary N) is 2. The van der Waals surface area contributed by atoms with Crippen LogP contribution < -0.4 is 10.0 Å². The van der Waals surface area contributed by atoms with Gasteiger partial charge in [0.15, 0.2) is 0 Å². The number of thiophene rings is 1. The Balaban J connectivity index is 2.13. The molecule has 1 aromatic heterocycles. The number of amides is 1. The van der Waals surface area contributed by atoms with Crippen molar-refractivity contribution in [2.75, 3.05) is 11.0 Å². The van der Waals surface area contributed by atoms with Crippen LogP contribution in [0.5, 0.6) is 0 Å². The average Bonchev–Trinajstić information content (AvgIpc) is 2.94. The summed E-state index contributed by atoms with van der Waals surface area (Å²) in [5, 5.41) is 4.87. The van der Waals surface area contributed by atoms with Gasteiger partial charge in [0.1, 0.15) is 0 Å². The van der Waals surface area contributed by atoms with Gasteiger partial charge in [0.05, 0.1) is 17.2 Å². The van der Waals surface area contributed by atoms with Crippen LogP contribution in [-0.2, 0) is 16.4 Å². The Kier molecular flexibility index (Phi) is 5.43. The molecule has 0 fully saturated rings. The van der Waals surface area contributed by atoms with E-state index in [2.05, 4.69) is 10.0 Å². The molecule has 0 aliphatic heterocycles. The van der Waals surface area contributed by atoms with Crippen LogP contribution in [0.15, 0.2) is 35.7 Å². The van der Waals surface area contributed by atoms with Gasteiger partial charge in [-0.3, -0.25) is 9.52 Å². The highest BCUT2D eigenvalue weighted by molar-refractivity contribution is 7.92. The maximum atomic E-state index is 12.4. The normalized spacial score (nSPS) is 12.7. The molecule has 124 valence electrons. The first-order valence-electron chi connectivity index (χ1n) is 7.25. The maximum absolute atomic E-state index is 12.4. The Hall–Kier alpha value is -1.86. The largest absolute Gasteiger partial charge is 0.345 e. The van der Waals surface area contributed by atoms with Crippen LogP contribution >= 0.6 is 11.3 Å². The number of carbonyl (C=O) groups excluding carboxylic acids is 1. The van der Waals surface area contributed by atoms with E-state index in [1.165, 1.54) is 11.3 Å². The predicted octanol–water partition coefficient (Wildman–Crippen LogP) is 3.17. The van der Waals surface area contributed by atoms with Gasteiger partial charge < -0.3 is 5.32 Å². The molecule has 0 bridgehead atoms.